The molecule has 1 fully saturated rings. The standard InChI is InChI=1S/C19H30N2O3S/c1-15-11-12-18(14-16(15)2)25(23,24)20-13-7-10-19(22)21-17-8-5-3-4-6-9-17/h11-12,14,17,20H,3-10,13H2,1-2H3,(H,21,22). The van der Waals surface area contributed by atoms with Crippen LogP contribution in [0.25, 0.3) is 0 Å². The van der Waals surface area contributed by atoms with Crippen LogP contribution in [0.4, 0.5) is 0 Å². The molecule has 25 heavy (non-hydrogen) atoms. The molecule has 1 saturated carbocycles. The van der Waals surface area contributed by atoms with Gasteiger partial charge in [0.1, 0.15) is 0 Å². The number of nitrogens with one attached hydrogen (secondary N) is 2. The summed E-state index contributed by atoms with van der Waals surface area (Å²) in [6, 6.07) is 5.39. The van der Waals surface area contributed by atoms with E-state index in [4.69, 9.17) is 0 Å². The first-order valence-corrected chi connectivity index (χ1v) is 10.7. The quantitative estimate of drug-likeness (QED) is 0.575. The van der Waals surface area contributed by atoms with Crippen LogP contribution < -0.4 is 10.0 Å². The molecule has 0 radical (unpaired) electrons. The summed E-state index contributed by atoms with van der Waals surface area (Å²) in [4.78, 5) is 12.3. The number of hydrogen-bond donors (Lipinski definition) is 2. The SMILES string of the molecule is Cc1ccc(S(=O)(=O)NCCCC(=O)NC2CCCCCC2)cc1C. The van der Waals surface area contributed by atoms with Crippen molar-refractivity contribution in [3.63, 3.8) is 0 Å². The predicted octanol–water partition coefficient (Wildman–Crippen LogP) is 3.20. The molecule has 2 N–H and O–H groups in total. The van der Waals surface area contributed by atoms with E-state index < -0.39 is 10.0 Å². The van der Waals surface area contributed by atoms with E-state index in [2.05, 4.69) is 10.0 Å². The van der Waals surface area contributed by atoms with Crippen molar-refractivity contribution in [2.24, 2.45) is 0 Å². The fourth-order valence-electron chi connectivity index (χ4n) is 3.14. The molecule has 0 atom stereocenters. The molecule has 1 aromatic carbocycles. The van der Waals surface area contributed by atoms with Gasteiger partial charge < -0.3 is 5.32 Å². The maximum Gasteiger partial charge on any atom is 0.240 e. The Kier molecular flexibility index (Phi) is 7.44. The van der Waals surface area contributed by atoms with Crippen molar-refractivity contribution in [1.29, 1.82) is 0 Å². The minimum atomic E-state index is -3.51. The molecule has 1 amide bonds. The summed E-state index contributed by atoms with van der Waals surface area (Å²) in [6.45, 7) is 4.12. The molecular weight excluding hydrogens is 336 g/mol. The number of sulfonamides is 1. The molecule has 0 heterocycles. The second kappa shape index (κ2) is 9.34. The Morgan fingerprint density at radius 1 is 1.08 bits per heavy atom. The summed E-state index contributed by atoms with van der Waals surface area (Å²) in [5.74, 6) is 0.0253. The van der Waals surface area contributed by atoms with Crippen molar-refractivity contribution in [1.82, 2.24) is 10.0 Å². The van der Waals surface area contributed by atoms with Gasteiger partial charge >= 0.3 is 0 Å². The van der Waals surface area contributed by atoms with Gasteiger partial charge in [0.15, 0.2) is 0 Å². The molecule has 0 saturated heterocycles. The van der Waals surface area contributed by atoms with Gasteiger partial charge in [0.25, 0.3) is 0 Å². The zero-order valence-corrected chi connectivity index (χ0v) is 16.1. The number of benzene rings is 1. The lowest BCUT2D eigenvalue weighted by atomic mass is 10.1. The summed E-state index contributed by atoms with van der Waals surface area (Å²) in [7, 11) is -3.51. The molecule has 5 nitrogen and oxygen atoms in total. The van der Waals surface area contributed by atoms with Crippen molar-refractivity contribution in [3.05, 3.63) is 29.3 Å². The lowest BCUT2D eigenvalue weighted by Crippen LogP contribution is -2.35. The van der Waals surface area contributed by atoms with Crippen LogP contribution in [0.15, 0.2) is 23.1 Å². The van der Waals surface area contributed by atoms with Crippen LogP contribution in [0.2, 0.25) is 0 Å². The van der Waals surface area contributed by atoms with E-state index in [1.807, 2.05) is 19.9 Å². The highest BCUT2D eigenvalue weighted by molar-refractivity contribution is 7.89. The van der Waals surface area contributed by atoms with Gasteiger partial charge in [-0.05, 0) is 56.4 Å². The molecule has 6 heteroatoms. The van der Waals surface area contributed by atoms with Gasteiger partial charge in [0.05, 0.1) is 4.90 Å². The molecule has 0 aromatic heterocycles. The first-order valence-electron chi connectivity index (χ1n) is 9.25. The average molecular weight is 367 g/mol. The molecule has 0 bridgehead atoms. The highest BCUT2D eigenvalue weighted by Gasteiger charge is 2.16. The van der Waals surface area contributed by atoms with E-state index >= 15 is 0 Å². The Morgan fingerprint density at radius 2 is 1.76 bits per heavy atom. The monoisotopic (exact) mass is 366 g/mol. The minimum Gasteiger partial charge on any atom is -0.353 e. The first kappa shape index (κ1) is 19.9. The lowest BCUT2D eigenvalue weighted by molar-refractivity contribution is -0.121. The molecule has 1 aromatic rings. The van der Waals surface area contributed by atoms with Crippen molar-refractivity contribution in [2.75, 3.05) is 6.54 Å². The van der Waals surface area contributed by atoms with E-state index in [0.29, 0.717) is 18.9 Å². The highest BCUT2D eigenvalue weighted by atomic mass is 32.2. The van der Waals surface area contributed by atoms with Gasteiger partial charge in [-0.2, -0.15) is 0 Å². The number of amides is 1. The molecular formula is C19H30N2O3S. The lowest BCUT2D eigenvalue weighted by Gasteiger charge is -2.16. The summed E-state index contributed by atoms with van der Waals surface area (Å²) >= 11 is 0. The molecule has 0 aliphatic heterocycles. The van der Waals surface area contributed by atoms with E-state index in [9.17, 15) is 13.2 Å². The van der Waals surface area contributed by atoms with E-state index in [1.54, 1.807) is 12.1 Å². The molecule has 140 valence electrons. The van der Waals surface area contributed by atoms with Crippen molar-refractivity contribution in [3.8, 4) is 0 Å². The van der Waals surface area contributed by atoms with Crippen LogP contribution in [0.3, 0.4) is 0 Å². The zero-order chi connectivity index (χ0) is 18.3. The Hall–Kier alpha value is -1.40. The average Bonchev–Trinajstić information content (AvgIpc) is 2.82. The van der Waals surface area contributed by atoms with Crippen LogP contribution in [-0.2, 0) is 14.8 Å². The Morgan fingerprint density at radius 3 is 2.40 bits per heavy atom. The fraction of sp³-hybridized carbons (Fsp3) is 0.632. The third-order valence-electron chi connectivity index (χ3n) is 4.88. The summed E-state index contributed by atoms with van der Waals surface area (Å²) in [5, 5.41) is 3.09. The van der Waals surface area contributed by atoms with Crippen molar-refractivity contribution >= 4 is 15.9 Å². The maximum atomic E-state index is 12.3. The van der Waals surface area contributed by atoms with Crippen LogP contribution in [0.1, 0.15) is 62.5 Å². The van der Waals surface area contributed by atoms with E-state index in [0.717, 1.165) is 24.0 Å². The number of carbonyl (C=O) groups is 1. The Bertz CT molecular complexity index is 678. The van der Waals surface area contributed by atoms with Crippen LogP contribution in [0.5, 0.6) is 0 Å². The smallest absolute Gasteiger partial charge is 0.240 e. The number of carbonyl (C=O) groups excluding carboxylic acids is 1. The Balaban J connectivity index is 1.74. The minimum absolute atomic E-state index is 0.0253. The second-order valence-corrected chi connectivity index (χ2v) is 8.77. The van der Waals surface area contributed by atoms with Gasteiger partial charge in [-0.1, -0.05) is 31.7 Å². The summed E-state index contributed by atoms with van der Waals surface area (Å²) in [6.07, 6.45) is 7.85. The Labute approximate surface area is 151 Å². The molecule has 0 unspecified atom stereocenters. The zero-order valence-electron chi connectivity index (χ0n) is 15.3. The van der Waals surface area contributed by atoms with E-state index in [-0.39, 0.29) is 17.3 Å². The number of hydrogen-bond acceptors (Lipinski definition) is 3. The van der Waals surface area contributed by atoms with Gasteiger partial charge in [0, 0.05) is 19.0 Å². The van der Waals surface area contributed by atoms with Gasteiger partial charge in [-0.15, -0.1) is 0 Å². The topological polar surface area (TPSA) is 75.3 Å². The number of rotatable bonds is 7. The largest absolute Gasteiger partial charge is 0.353 e. The van der Waals surface area contributed by atoms with Crippen molar-refractivity contribution < 1.29 is 13.2 Å². The van der Waals surface area contributed by atoms with Crippen LogP contribution in [0, 0.1) is 13.8 Å². The van der Waals surface area contributed by atoms with Crippen molar-refractivity contribution in [2.45, 2.75) is 76.2 Å². The molecule has 1 aliphatic rings. The third kappa shape index (κ3) is 6.44. The van der Waals surface area contributed by atoms with Crippen LogP contribution >= 0.6 is 0 Å². The summed E-state index contributed by atoms with van der Waals surface area (Å²) < 4.78 is 27.2. The molecule has 2 rings (SSSR count). The van der Waals surface area contributed by atoms with Gasteiger partial charge in [-0.25, -0.2) is 13.1 Å². The summed E-state index contributed by atoms with van der Waals surface area (Å²) in [5.41, 5.74) is 2.01. The van der Waals surface area contributed by atoms with Gasteiger partial charge in [0.2, 0.25) is 15.9 Å². The number of aryl methyl sites for hydroxylation is 2. The molecule has 0 spiro atoms. The maximum absolute atomic E-state index is 12.3. The predicted molar refractivity (Wildman–Crippen MR) is 100.0 cm³/mol. The molecule has 1 aliphatic carbocycles. The second-order valence-electron chi connectivity index (χ2n) is 7.00. The van der Waals surface area contributed by atoms with Gasteiger partial charge in [-0.3, -0.25) is 4.79 Å². The highest BCUT2D eigenvalue weighted by Crippen LogP contribution is 2.17. The van der Waals surface area contributed by atoms with E-state index in [1.165, 1.54) is 25.7 Å². The normalized spacial score (nSPS) is 16.4. The third-order valence-corrected chi connectivity index (χ3v) is 6.34. The van der Waals surface area contributed by atoms with Crippen LogP contribution in [-0.4, -0.2) is 26.9 Å². The fourth-order valence-corrected chi connectivity index (χ4v) is 4.30. The first-order chi connectivity index (χ1) is 11.9.